The zero-order valence-corrected chi connectivity index (χ0v) is 29.2. The third-order valence-electron chi connectivity index (χ3n) is 10.0. The predicted molar refractivity (Wildman–Crippen MR) is 187 cm³/mol. The number of thiazole rings is 1. The minimum Gasteiger partial charge on any atom is -0.466 e. The van der Waals surface area contributed by atoms with Gasteiger partial charge in [-0.25, -0.2) is 9.97 Å². The van der Waals surface area contributed by atoms with E-state index < -0.39 is 0 Å². The van der Waals surface area contributed by atoms with Gasteiger partial charge in [-0.05, 0) is 56.6 Å². The number of halogens is 2. The zero-order chi connectivity index (χ0) is 31.8. The van der Waals surface area contributed by atoms with E-state index in [4.69, 9.17) is 32.9 Å². The van der Waals surface area contributed by atoms with Gasteiger partial charge in [0.05, 0.1) is 33.0 Å². The molecular formula is C33H40Cl2N6O3S2. The highest BCUT2D eigenvalue weighted by Gasteiger charge is 2.43. The van der Waals surface area contributed by atoms with Gasteiger partial charge in [0, 0.05) is 56.9 Å². The lowest BCUT2D eigenvalue weighted by Crippen LogP contribution is -2.37. The van der Waals surface area contributed by atoms with Gasteiger partial charge in [0.1, 0.15) is 16.5 Å². The molecule has 3 saturated heterocycles. The third kappa shape index (κ3) is 6.76. The number of ether oxygens (including phenoxy) is 1. The Labute approximate surface area is 288 Å². The number of carbonyl (C=O) groups excluding carboxylic acids is 2. The van der Waals surface area contributed by atoms with Crippen molar-refractivity contribution in [2.24, 2.45) is 17.8 Å². The second-order valence-electron chi connectivity index (χ2n) is 13.0. The van der Waals surface area contributed by atoms with Crippen LogP contribution in [0.25, 0.3) is 10.6 Å². The van der Waals surface area contributed by atoms with Gasteiger partial charge in [0.2, 0.25) is 0 Å². The van der Waals surface area contributed by atoms with Crippen LogP contribution in [0.5, 0.6) is 0 Å². The number of esters is 1. The van der Waals surface area contributed by atoms with Gasteiger partial charge in [0.25, 0.3) is 5.91 Å². The highest BCUT2D eigenvalue weighted by Crippen LogP contribution is 2.46. The average molecular weight is 704 g/mol. The number of nitrogens with one attached hydrogen (secondary N) is 1. The Morgan fingerprint density at radius 3 is 2.39 bits per heavy atom. The molecule has 7 rings (SSSR count). The summed E-state index contributed by atoms with van der Waals surface area (Å²) in [5, 5.41) is 7.67. The summed E-state index contributed by atoms with van der Waals surface area (Å²) in [7, 11) is 0. The van der Waals surface area contributed by atoms with Crippen LogP contribution in [-0.4, -0.2) is 78.7 Å². The topological polar surface area (TPSA) is 90.9 Å². The second kappa shape index (κ2) is 14.0. The summed E-state index contributed by atoms with van der Waals surface area (Å²) in [5.74, 6) is 1.39. The molecule has 1 amide bonds. The Morgan fingerprint density at radius 2 is 1.74 bits per heavy atom. The summed E-state index contributed by atoms with van der Waals surface area (Å²) in [6, 6.07) is 4.38. The normalized spacial score (nSPS) is 22.8. The summed E-state index contributed by atoms with van der Waals surface area (Å²) in [5.41, 5.74) is 1.24. The maximum Gasteiger partial charge on any atom is 0.309 e. The molecule has 4 fully saturated rings. The molecule has 1 saturated carbocycles. The van der Waals surface area contributed by atoms with Crippen molar-refractivity contribution in [3.8, 4) is 10.6 Å². The molecule has 0 radical (unpaired) electrons. The monoisotopic (exact) mass is 702 g/mol. The fraction of sp³-hybridized carbons (Fsp3) is 0.576. The summed E-state index contributed by atoms with van der Waals surface area (Å²) < 4.78 is 5.19. The third-order valence-corrected chi connectivity index (χ3v) is 12.6. The van der Waals surface area contributed by atoms with E-state index in [0.717, 1.165) is 34.7 Å². The zero-order valence-electron chi connectivity index (χ0n) is 26.1. The van der Waals surface area contributed by atoms with E-state index in [1.165, 1.54) is 56.5 Å². The Kier molecular flexibility index (Phi) is 9.75. The summed E-state index contributed by atoms with van der Waals surface area (Å²) in [6.45, 7) is 7.89. The second-order valence-corrected chi connectivity index (χ2v) is 15.7. The van der Waals surface area contributed by atoms with Gasteiger partial charge in [-0.3, -0.25) is 19.8 Å². The molecule has 3 aromatic rings. The molecule has 6 heterocycles. The SMILES string of the molecule is CCOC(=O)C1CCN(c2ncc(C(=O)Nc3nc(-c4cc(Cl)cs4)c(N4CC5CN(C6CCCCC6)CC5C4)s3)cc2Cl)CC1. The number of fused-ring (bicyclic) bond motifs is 1. The maximum absolute atomic E-state index is 13.4. The van der Waals surface area contributed by atoms with Crippen molar-refractivity contribution in [3.05, 3.63) is 39.3 Å². The van der Waals surface area contributed by atoms with Gasteiger partial charge in [0.15, 0.2) is 5.13 Å². The summed E-state index contributed by atoms with van der Waals surface area (Å²) >= 11 is 16.1. The van der Waals surface area contributed by atoms with Gasteiger partial charge in [-0.15, -0.1) is 11.3 Å². The quantitative estimate of drug-likeness (QED) is 0.245. The summed E-state index contributed by atoms with van der Waals surface area (Å²) in [6.07, 6.45) is 9.75. The van der Waals surface area contributed by atoms with Crippen LogP contribution < -0.4 is 15.1 Å². The lowest BCUT2D eigenvalue weighted by Gasteiger charge is -2.32. The van der Waals surface area contributed by atoms with E-state index in [2.05, 4.69) is 25.0 Å². The van der Waals surface area contributed by atoms with Crippen LogP contribution in [0.3, 0.4) is 0 Å². The molecule has 0 aromatic carbocycles. The van der Waals surface area contributed by atoms with E-state index in [1.807, 2.05) is 18.4 Å². The van der Waals surface area contributed by atoms with Crippen molar-refractivity contribution in [1.82, 2.24) is 14.9 Å². The number of nitrogens with zero attached hydrogens (tertiary/aromatic N) is 5. The molecule has 2 atom stereocenters. The molecule has 4 aliphatic rings. The van der Waals surface area contributed by atoms with E-state index in [9.17, 15) is 9.59 Å². The van der Waals surface area contributed by atoms with Crippen molar-refractivity contribution >= 4 is 73.7 Å². The first-order valence-corrected chi connectivity index (χ1v) is 18.9. The van der Waals surface area contributed by atoms with Crippen molar-refractivity contribution in [2.45, 2.75) is 57.9 Å². The Hall–Kier alpha value is -2.44. The number of hydrogen-bond acceptors (Lipinski definition) is 10. The van der Waals surface area contributed by atoms with E-state index >= 15 is 0 Å². The molecule has 246 valence electrons. The molecule has 1 N–H and O–H groups in total. The number of aromatic nitrogens is 2. The molecule has 0 spiro atoms. The van der Waals surface area contributed by atoms with Crippen molar-refractivity contribution in [3.63, 3.8) is 0 Å². The van der Waals surface area contributed by atoms with Crippen LogP contribution in [0.2, 0.25) is 10.0 Å². The van der Waals surface area contributed by atoms with Gasteiger partial charge >= 0.3 is 5.97 Å². The molecule has 13 heteroatoms. The van der Waals surface area contributed by atoms with Crippen LogP contribution in [-0.2, 0) is 9.53 Å². The number of thiophene rings is 1. The molecule has 3 aliphatic heterocycles. The van der Waals surface area contributed by atoms with Crippen molar-refractivity contribution in [1.29, 1.82) is 0 Å². The molecule has 0 bridgehead atoms. The Balaban J connectivity index is 1.03. The number of likely N-dealkylation sites (tertiary alicyclic amines) is 1. The highest BCUT2D eigenvalue weighted by molar-refractivity contribution is 7.21. The Morgan fingerprint density at radius 1 is 1.00 bits per heavy atom. The molecule has 1 aliphatic carbocycles. The predicted octanol–water partition coefficient (Wildman–Crippen LogP) is 7.31. The van der Waals surface area contributed by atoms with Crippen LogP contribution in [0.15, 0.2) is 23.7 Å². The van der Waals surface area contributed by atoms with E-state index in [0.29, 0.717) is 70.9 Å². The van der Waals surface area contributed by atoms with Crippen LogP contribution >= 0.6 is 45.9 Å². The molecular weight excluding hydrogens is 663 g/mol. The fourth-order valence-electron chi connectivity index (χ4n) is 7.66. The maximum atomic E-state index is 13.4. The highest BCUT2D eigenvalue weighted by atomic mass is 35.5. The number of hydrogen-bond donors (Lipinski definition) is 1. The molecule has 2 unspecified atom stereocenters. The smallest absolute Gasteiger partial charge is 0.309 e. The van der Waals surface area contributed by atoms with Crippen LogP contribution in [0.4, 0.5) is 16.0 Å². The van der Waals surface area contributed by atoms with Gasteiger partial charge < -0.3 is 14.5 Å². The van der Waals surface area contributed by atoms with Gasteiger partial charge in [-0.2, -0.15) is 0 Å². The largest absolute Gasteiger partial charge is 0.466 e. The minimum absolute atomic E-state index is 0.102. The molecule has 9 nitrogen and oxygen atoms in total. The first-order chi connectivity index (χ1) is 22.4. The lowest BCUT2D eigenvalue weighted by atomic mass is 9.94. The number of piperidine rings is 1. The number of anilines is 3. The number of rotatable bonds is 8. The number of pyridine rings is 1. The van der Waals surface area contributed by atoms with E-state index in [1.54, 1.807) is 23.6 Å². The average Bonchev–Trinajstić information content (AvgIpc) is 3.85. The fourth-order valence-corrected chi connectivity index (χ4v) is 10.1. The lowest BCUT2D eigenvalue weighted by molar-refractivity contribution is -0.148. The standard InChI is InChI=1S/C33H40Cl2N6O3S2/c1-2-44-32(43)20-8-10-39(11-9-20)29-26(35)12-21(14-36-29)30(42)38-33-37-28(27-13-24(34)19-45-27)31(46-33)41-17-22-15-40(16-23(22)18-41)25-6-4-3-5-7-25/h12-14,19-20,22-23,25H,2-11,15-18H2,1H3,(H,37,38,42). The van der Waals surface area contributed by atoms with Crippen molar-refractivity contribution < 1.29 is 14.3 Å². The number of amides is 1. The van der Waals surface area contributed by atoms with Crippen LogP contribution in [0.1, 0.15) is 62.2 Å². The van der Waals surface area contributed by atoms with E-state index in [-0.39, 0.29) is 17.8 Å². The first kappa shape index (κ1) is 32.1. The summed E-state index contributed by atoms with van der Waals surface area (Å²) in [4.78, 5) is 43.3. The molecule has 46 heavy (non-hydrogen) atoms. The first-order valence-electron chi connectivity index (χ1n) is 16.5. The number of carbonyl (C=O) groups is 2. The van der Waals surface area contributed by atoms with Crippen LogP contribution in [0, 0.1) is 17.8 Å². The van der Waals surface area contributed by atoms with Crippen molar-refractivity contribution in [2.75, 3.05) is 61.0 Å². The Bertz CT molecular complexity index is 1550. The molecule has 3 aromatic heterocycles. The van der Waals surface area contributed by atoms with Gasteiger partial charge in [-0.1, -0.05) is 53.8 Å². The minimum atomic E-state index is -0.306.